The van der Waals surface area contributed by atoms with Gasteiger partial charge in [-0.15, -0.1) is 0 Å². The molecule has 0 spiro atoms. The Kier molecular flexibility index (Phi) is 6.76. The Morgan fingerprint density at radius 2 is 1.81 bits per heavy atom. The van der Waals surface area contributed by atoms with Gasteiger partial charge in [0.2, 0.25) is 11.8 Å². The molecule has 1 aromatic heterocycles. The van der Waals surface area contributed by atoms with Gasteiger partial charge in [0, 0.05) is 36.0 Å². The van der Waals surface area contributed by atoms with Gasteiger partial charge in [-0.3, -0.25) is 19.7 Å². The van der Waals surface area contributed by atoms with E-state index in [4.69, 9.17) is 0 Å². The molecule has 2 aromatic carbocycles. The van der Waals surface area contributed by atoms with Crippen LogP contribution in [0.2, 0.25) is 0 Å². The van der Waals surface area contributed by atoms with Crippen LogP contribution in [0.15, 0.2) is 60.8 Å². The standard InChI is InChI=1S/C22H23N5O4/c1-3-23-22(29)15(2)24-20(28)13-17-14-26(18-7-5-4-6-8-18)25-21(17)16-9-11-19(12-10-16)27(30)31/h4-12,14-15H,3,13H2,1-2H3,(H,23,29)(H,24,28). The van der Waals surface area contributed by atoms with Crippen molar-refractivity contribution in [3.05, 3.63) is 76.5 Å². The van der Waals surface area contributed by atoms with Crippen LogP contribution in [-0.2, 0) is 16.0 Å². The number of nitrogens with zero attached hydrogens (tertiary/aromatic N) is 3. The van der Waals surface area contributed by atoms with Crippen molar-refractivity contribution in [1.82, 2.24) is 20.4 Å². The lowest BCUT2D eigenvalue weighted by molar-refractivity contribution is -0.384. The van der Waals surface area contributed by atoms with Crippen molar-refractivity contribution < 1.29 is 14.5 Å². The molecule has 31 heavy (non-hydrogen) atoms. The first-order valence-electron chi connectivity index (χ1n) is 9.85. The highest BCUT2D eigenvalue weighted by Crippen LogP contribution is 2.26. The molecule has 2 N–H and O–H groups in total. The Labute approximate surface area is 179 Å². The van der Waals surface area contributed by atoms with E-state index in [9.17, 15) is 19.7 Å². The summed E-state index contributed by atoms with van der Waals surface area (Å²) in [7, 11) is 0. The van der Waals surface area contributed by atoms with Crippen LogP contribution in [0.25, 0.3) is 16.9 Å². The highest BCUT2D eigenvalue weighted by atomic mass is 16.6. The van der Waals surface area contributed by atoms with Crippen LogP contribution in [0.1, 0.15) is 19.4 Å². The molecule has 1 unspecified atom stereocenters. The molecular weight excluding hydrogens is 398 g/mol. The molecule has 1 heterocycles. The van der Waals surface area contributed by atoms with Gasteiger partial charge >= 0.3 is 0 Å². The summed E-state index contributed by atoms with van der Waals surface area (Å²) in [6.07, 6.45) is 1.76. The molecule has 0 saturated heterocycles. The lowest BCUT2D eigenvalue weighted by atomic mass is 10.1. The second kappa shape index (κ2) is 9.66. The number of benzene rings is 2. The first kappa shape index (κ1) is 21.7. The van der Waals surface area contributed by atoms with Gasteiger partial charge in [0.25, 0.3) is 5.69 Å². The normalized spacial score (nSPS) is 11.5. The van der Waals surface area contributed by atoms with Gasteiger partial charge in [-0.1, -0.05) is 18.2 Å². The molecule has 0 aliphatic heterocycles. The number of aromatic nitrogens is 2. The number of carbonyl (C=O) groups is 2. The number of amides is 2. The van der Waals surface area contributed by atoms with E-state index in [1.165, 1.54) is 12.1 Å². The highest BCUT2D eigenvalue weighted by molar-refractivity contribution is 5.88. The molecule has 0 aliphatic carbocycles. The fourth-order valence-electron chi connectivity index (χ4n) is 3.09. The molecule has 0 bridgehead atoms. The van der Waals surface area contributed by atoms with Crippen molar-refractivity contribution in [2.24, 2.45) is 0 Å². The van der Waals surface area contributed by atoms with Crippen LogP contribution < -0.4 is 10.6 Å². The summed E-state index contributed by atoms with van der Waals surface area (Å²) < 4.78 is 1.66. The van der Waals surface area contributed by atoms with E-state index < -0.39 is 11.0 Å². The number of nitro groups is 1. The van der Waals surface area contributed by atoms with E-state index in [2.05, 4.69) is 15.7 Å². The first-order chi connectivity index (χ1) is 14.9. The Morgan fingerprint density at radius 3 is 2.42 bits per heavy atom. The third-order valence-corrected chi connectivity index (χ3v) is 4.64. The molecule has 0 saturated carbocycles. The van der Waals surface area contributed by atoms with E-state index in [0.29, 0.717) is 23.4 Å². The Morgan fingerprint density at radius 1 is 1.13 bits per heavy atom. The Balaban J connectivity index is 1.90. The van der Waals surface area contributed by atoms with Crippen LogP contribution in [0, 0.1) is 10.1 Å². The summed E-state index contributed by atoms with van der Waals surface area (Å²) >= 11 is 0. The Bertz CT molecular complexity index is 1080. The number of hydrogen-bond acceptors (Lipinski definition) is 5. The molecule has 0 radical (unpaired) electrons. The smallest absolute Gasteiger partial charge is 0.269 e. The van der Waals surface area contributed by atoms with Crippen molar-refractivity contribution in [3.63, 3.8) is 0 Å². The maximum atomic E-state index is 12.6. The minimum Gasteiger partial charge on any atom is -0.355 e. The lowest BCUT2D eigenvalue weighted by Gasteiger charge is -2.13. The highest BCUT2D eigenvalue weighted by Gasteiger charge is 2.19. The first-order valence-corrected chi connectivity index (χ1v) is 9.85. The summed E-state index contributed by atoms with van der Waals surface area (Å²) in [6.45, 7) is 3.90. The van der Waals surface area contributed by atoms with Crippen LogP contribution >= 0.6 is 0 Å². The second-order valence-electron chi connectivity index (χ2n) is 6.95. The molecule has 3 rings (SSSR count). The fraction of sp³-hybridized carbons (Fsp3) is 0.227. The van der Waals surface area contributed by atoms with Gasteiger partial charge in [-0.2, -0.15) is 5.10 Å². The van der Waals surface area contributed by atoms with Gasteiger partial charge in [0.1, 0.15) is 6.04 Å². The van der Waals surface area contributed by atoms with Crippen LogP contribution in [0.4, 0.5) is 5.69 Å². The van der Waals surface area contributed by atoms with Crippen LogP contribution in [-0.4, -0.2) is 39.1 Å². The predicted molar refractivity (Wildman–Crippen MR) is 116 cm³/mol. The quantitative estimate of drug-likeness (QED) is 0.428. The largest absolute Gasteiger partial charge is 0.355 e. The van der Waals surface area contributed by atoms with Crippen LogP contribution in [0.5, 0.6) is 0 Å². The van der Waals surface area contributed by atoms with Gasteiger partial charge < -0.3 is 10.6 Å². The number of hydrogen-bond donors (Lipinski definition) is 2. The SMILES string of the molecule is CCNC(=O)C(C)NC(=O)Cc1cn(-c2ccccc2)nc1-c1ccc([N+](=O)[O-])cc1. The molecule has 1 atom stereocenters. The zero-order valence-electron chi connectivity index (χ0n) is 17.2. The zero-order valence-corrected chi connectivity index (χ0v) is 17.2. The maximum Gasteiger partial charge on any atom is 0.269 e. The number of carbonyl (C=O) groups excluding carboxylic acids is 2. The van der Waals surface area contributed by atoms with Crippen LogP contribution in [0.3, 0.4) is 0 Å². The number of nitrogens with one attached hydrogen (secondary N) is 2. The topological polar surface area (TPSA) is 119 Å². The van der Waals surface area contributed by atoms with E-state index in [0.717, 1.165) is 5.69 Å². The van der Waals surface area contributed by atoms with Crippen molar-refractivity contribution in [2.45, 2.75) is 26.3 Å². The number of likely N-dealkylation sites (N-methyl/N-ethyl adjacent to an activating group) is 1. The Hall–Kier alpha value is -4.01. The van der Waals surface area contributed by atoms with Crippen molar-refractivity contribution in [1.29, 1.82) is 0 Å². The molecule has 9 heteroatoms. The summed E-state index contributed by atoms with van der Waals surface area (Å²) in [5.41, 5.74) is 2.62. The maximum absolute atomic E-state index is 12.6. The third kappa shape index (κ3) is 5.33. The number of para-hydroxylation sites is 1. The fourth-order valence-corrected chi connectivity index (χ4v) is 3.09. The van der Waals surface area contributed by atoms with E-state index in [-0.39, 0.29) is 23.9 Å². The summed E-state index contributed by atoms with van der Waals surface area (Å²) in [5.74, 6) is -0.582. The van der Waals surface area contributed by atoms with Gasteiger partial charge in [-0.05, 0) is 38.1 Å². The van der Waals surface area contributed by atoms with Crippen molar-refractivity contribution in [2.75, 3.05) is 6.54 Å². The van der Waals surface area contributed by atoms with Crippen molar-refractivity contribution in [3.8, 4) is 16.9 Å². The summed E-state index contributed by atoms with van der Waals surface area (Å²) in [4.78, 5) is 35.0. The lowest BCUT2D eigenvalue weighted by Crippen LogP contribution is -2.45. The minimum atomic E-state index is -0.667. The number of rotatable bonds is 8. The average molecular weight is 421 g/mol. The molecule has 0 fully saturated rings. The molecule has 3 aromatic rings. The summed E-state index contributed by atoms with van der Waals surface area (Å²) in [5, 5.41) is 20.9. The van der Waals surface area contributed by atoms with Crippen molar-refractivity contribution >= 4 is 17.5 Å². The predicted octanol–water partition coefficient (Wildman–Crippen LogP) is 2.63. The molecule has 0 aliphatic rings. The van der Waals surface area contributed by atoms with Gasteiger partial charge in [0.15, 0.2) is 0 Å². The minimum absolute atomic E-state index is 0.00288. The molecule has 160 valence electrons. The van der Waals surface area contributed by atoms with E-state index in [1.54, 1.807) is 36.9 Å². The van der Waals surface area contributed by atoms with Gasteiger partial charge in [-0.25, -0.2) is 4.68 Å². The molecule has 9 nitrogen and oxygen atoms in total. The van der Waals surface area contributed by atoms with E-state index >= 15 is 0 Å². The second-order valence-corrected chi connectivity index (χ2v) is 6.95. The van der Waals surface area contributed by atoms with Gasteiger partial charge in [0.05, 0.1) is 22.7 Å². The number of nitro benzene ring substituents is 1. The molecular formula is C22H23N5O4. The monoisotopic (exact) mass is 421 g/mol. The average Bonchev–Trinajstić information content (AvgIpc) is 3.18. The zero-order chi connectivity index (χ0) is 22.4. The van der Waals surface area contributed by atoms with E-state index in [1.807, 2.05) is 30.3 Å². The molecule has 2 amide bonds. The number of non-ortho nitro benzene ring substituents is 1. The third-order valence-electron chi connectivity index (χ3n) is 4.64. The summed E-state index contributed by atoms with van der Waals surface area (Å²) in [6, 6.07) is 14.8.